The van der Waals surface area contributed by atoms with Gasteiger partial charge in [0.25, 0.3) is 17.7 Å². The molecule has 0 spiro atoms. The van der Waals surface area contributed by atoms with Gasteiger partial charge in [-0.2, -0.15) is 0 Å². The van der Waals surface area contributed by atoms with Gasteiger partial charge in [0.1, 0.15) is 5.75 Å². The highest BCUT2D eigenvalue weighted by molar-refractivity contribution is 6.06. The molecule has 3 amide bonds. The van der Waals surface area contributed by atoms with Crippen molar-refractivity contribution in [1.29, 1.82) is 0 Å². The Morgan fingerprint density at radius 3 is 2.43 bits per heavy atom. The molecule has 1 saturated heterocycles. The predicted molar refractivity (Wildman–Crippen MR) is 178 cm³/mol. The van der Waals surface area contributed by atoms with Gasteiger partial charge in [-0.3, -0.25) is 24.4 Å². The molecule has 0 aliphatic carbocycles. The molecule has 5 rings (SSSR count). The Kier molecular flexibility index (Phi) is 10.4. The van der Waals surface area contributed by atoms with Crippen molar-refractivity contribution < 1.29 is 28.6 Å². The number of hydrogen-bond acceptors (Lipinski definition) is 8. The summed E-state index contributed by atoms with van der Waals surface area (Å²) >= 11 is 0. The van der Waals surface area contributed by atoms with E-state index in [4.69, 9.17) is 19.7 Å². The van der Waals surface area contributed by atoms with Gasteiger partial charge < -0.3 is 24.4 Å². The van der Waals surface area contributed by atoms with Gasteiger partial charge in [-0.15, -0.1) is 0 Å². The molecule has 13 heteroatoms. The van der Waals surface area contributed by atoms with Crippen molar-refractivity contribution in [2.45, 2.75) is 45.1 Å². The van der Waals surface area contributed by atoms with Gasteiger partial charge in [-0.05, 0) is 60.8 Å². The van der Waals surface area contributed by atoms with E-state index in [1.165, 1.54) is 19.2 Å². The fourth-order valence-corrected chi connectivity index (χ4v) is 5.68. The molecule has 47 heavy (non-hydrogen) atoms. The minimum atomic E-state index is -0.864. The molecule has 0 radical (unpaired) electrons. The van der Waals surface area contributed by atoms with Crippen LogP contribution in [0.15, 0.2) is 63.7 Å². The number of unbranched alkanes of at least 4 members (excludes halogenated alkanes) is 2. The van der Waals surface area contributed by atoms with E-state index in [1.54, 1.807) is 29.5 Å². The zero-order valence-corrected chi connectivity index (χ0v) is 26.5. The molecule has 0 saturated carbocycles. The van der Waals surface area contributed by atoms with Crippen LogP contribution in [0.25, 0.3) is 10.4 Å². The Labute approximate surface area is 272 Å². The number of methoxy groups -OCH3 is 1. The Morgan fingerprint density at radius 1 is 0.979 bits per heavy atom. The fraction of sp³-hybridized carbons (Fsp3) is 0.382. The first-order chi connectivity index (χ1) is 22.7. The lowest BCUT2D eigenvalue weighted by Crippen LogP contribution is -2.35. The number of amides is 3. The van der Waals surface area contributed by atoms with Crippen LogP contribution in [0.2, 0.25) is 0 Å². The monoisotopic (exact) mass is 639 g/mol. The van der Waals surface area contributed by atoms with Crippen LogP contribution in [0.4, 0.5) is 11.4 Å². The molecule has 3 aliphatic rings. The van der Waals surface area contributed by atoms with Crippen LogP contribution in [0.3, 0.4) is 0 Å². The number of aliphatic imine (C=N–C) groups is 2. The average molecular weight is 640 g/mol. The van der Waals surface area contributed by atoms with E-state index in [9.17, 15) is 14.4 Å². The van der Waals surface area contributed by atoms with Crippen molar-refractivity contribution in [3.05, 3.63) is 75.7 Å². The summed E-state index contributed by atoms with van der Waals surface area (Å²) in [6.45, 7) is 11.4. The summed E-state index contributed by atoms with van der Waals surface area (Å²) in [5.41, 5.74) is 12.2. The van der Waals surface area contributed by atoms with Crippen LogP contribution >= 0.6 is 0 Å². The third kappa shape index (κ3) is 7.70. The number of carbonyl (C=O) groups is 3. The van der Waals surface area contributed by atoms with Crippen LogP contribution in [0, 0.1) is 5.92 Å². The van der Waals surface area contributed by atoms with Crippen molar-refractivity contribution in [3.8, 4) is 17.2 Å². The van der Waals surface area contributed by atoms with E-state index in [-0.39, 0.29) is 41.4 Å². The second-order valence-corrected chi connectivity index (χ2v) is 11.8. The molecule has 3 aliphatic heterocycles. The molecule has 1 fully saturated rings. The average Bonchev–Trinajstić information content (AvgIpc) is 3.38. The molecule has 1 N–H and O–H groups in total. The van der Waals surface area contributed by atoms with Crippen molar-refractivity contribution in [1.82, 2.24) is 10.2 Å². The third-order valence-electron chi connectivity index (χ3n) is 8.04. The number of carbonyl (C=O) groups excluding carboxylic acids is 3. The topological polar surface area (TPSA) is 168 Å². The summed E-state index contributed by atoms with van der Waals surface area (Å²) in [4.78, 5) is 52.2. The van der Waals surface area contributed by atoms with Gasteiger partial charge in [0, 0.05) is 42.6 Å². The number of nitrogens with one attached hydrogen (secondary N) is 1. The Balaban J connectivity index is 1.20. The SMILES string of the molecule is C=C1CNC(=O)c2cc(C(=O)N=[N+]=[N-])c(OCCCCCOc3cc4c(cc3OC)C(=O)N3CC(=C)CC3C=N4)cc2/N=C\C(C)C1. The highest BCUT2D eigenvalue weighted by Gasteiger charge is 2.34. The summed E-state index contributed by atoms with van der Waals surface area (Å²) in [6, 6.07) is 6.18. The molecule has 0 aromatic heterocycles. The molecular formula is C34H37N7O6. The van der Waals surface area contributed by atoms with E-state index < -0.39 is 11.8 Å². The van der Waals surface area contributed by atoms with Crippen molar-refractivity contribution in [3.63, 3.8) is 0 Å². The molecule has 3 heterocycles. The smallest absolute Gasteiger partial charge is 0.257 e. The lowest BCUT2D eigenvalue weighted by atomic mass is 10.0. The summed E-state index contributed by atoms with van der Waals surface area (Å²) in [5, 5.41) is 6.01. The maximum atomic E-state index is 13.2. The third-order valence-corrected chi connectivity index (χ3v) is 8.04. The lowest BCUT2D eigenvalue weighted by molar-refractivity contribution is 0.0777. The summed E-state index contributed by atoms with van der Waals surface area (Å²) < 4.78 is 17.5. The standard InChI is InChI=1S/C34H37N7O6/c1-20-10-21(2)17-38-32(42)24-12-26(33(43)39-40-35)29(14-27(24)36-16-20)46-8-6-5-7-9-47-31-15-28-25(13-30(31)45-4)34(44)41-19-22(3)11-23(41)18-37-28/h12-16,18,20,23H,2-3,5-11,17,19H2,1,4H3,(H,38,42)/b36-16-. The highest BCUT2D eigenvalue weighted by atomic mass is 16.5. The van der Waals surface area contributed by atoms with Crippen LogP contribution in [-0.4, -0.2) is 74.5 Å². The maximum Gasteiger partial charge on any atom is 0.257 e. The number of fused-ring (bicyclic) bond motifs is 3. The second kappa shape index (κ2) is 14.8. The minimum absolute atomic E-state index is 0.0269. The van der Waals surface area contributed by atoms with E-state index in [0.29, 0.717) is 73.8 Å². The number of azide groups is 1. The summed E-state index contributed by atoms with van der Waals surface area (Å²) in [6.07, 6.45) is 6.95. The number of ether oxygens (including phenoxy) is 3. The molecular weight excluding hydrogens is 602 g/mol. The van der Waals surface area contributed by atoms with Gasteiger partial charge in [0.2, 0.25) is 0 Å². The molecule has 13 nitrogen and oxygen atoms in total. The number of hydrogen-bond donors (Lipinski definition) is 1. The highest BCUT2D eigenvalue weighted by Crippen LogP contribution is 2.38. The largest absolute Gasteiger partial charge is 0.493 e. The van der Waals surface area contributed by atoms with E-state index in [1.807, 2.05) is 6.92 Å². The first kappa shape index (κ1) is 33.0. The summed E-state index contributed by atoms with van der Waals surface area (Å²) in [7, 11) is 1.53. The van der Waals surface area contributed by atoms with Crippen LogP contribution in [-0.2, 0) is 0 Å². The Morgan fingerprint density at radius 2 is 1.68 bits per heavy atom. The van der Waals surface area contributed by atoms with Gasteiger partial charge >= 0.3 is 0 Å². The van der Waals surface area contributed by atoms with Gasteiger partial charge in [-0.25, -0.2) is 0 Å². The van der Waals surface area contributed by atoms with Crippen LogP contribution < -0.4 is 19.5 Å². The molecule has 2 atom stereocenters. The minimum Gasteiger partial charge on any atom is -0.493 e. The first-order valence-electron chi connectivity index (χ1n) is 15.4. The quantitative estimate of drug-likeness (QED) is 0.105. The number of rotatable bonds is 10. The van der Waals surface area contributed by atoms with Gasteiger partial charge in [0.05, 0.1) is 54.4 Å². The van der Waals surface area contributed by atoms with Crippen molar-refractivity contribution in [2.75, 3.05) is 33.4 Å². The molecule has 244 valence electrons. The van der Waals surface area contributed by atoms with Crippen LogP contribution in [0.1, 0.15) is 70.1 Å². The van der Waals surface area contributed by atoms with E-state index >= 15 is 0 Å². The van der Waals surface area contributed by atoms with Gasteiger partial charge in [-0.1, -0.05) is 31.2 Å². The van der Waals surface area contributed by atoms with Gasteiger partial charge in [0.15, 0.2) is 11.5 Å². The molecule has 2 aromatic rings. The molecule has 2 aromatic carbocycles. The fourth-order valence-electron chi connectivity index (χ4n) is 5.68. The van der Waals surface area contributed by atoms with Crippen LogP contribution in [0.5, 0.6) is 17.2 Å². The molecule has 2 unspecified atom stereocenters. The first-order valence-corrected chi connectivity index (χ1v) is 15.4. The Bertz CT molecular complexity index is 1730. The zero-order valence-electron chi connectivity index (χ0n) is 26.5. The predicted octanol–water partition coefficient (Wildman–Crippen LogP) is 6.29. The Hall–Kier alpha value is -5.42. The number of benzene rings is 2. The second-order valence-electron chi connectivity index (χ2n) is 11.8. The summed E-state index contributed by atoms with van der Waals surface area (Å²) in [5.74, 6) is -0.197. The van der Waals surface area contributed by atoms with E-state index in [0.717, 1.165) is 17.6 Å². The van der Waals surface area contributed by atoms with E-state index in [2.05, 4.69) is 38.5 Å². The zero-order chi connectivity index (χ0) is 33.5. The van der Waals surface area contributed by atoms with Crippen molar-refractivity contribution in [2.24, 2.45) is 21.0 Å². The molecule has 0 bridgehead atoms. The normalized spacial score (nSPS) is 19.4. The number of nitrogens with zero attached hydrogens (tertiary/aromatic N) is 6. The lowest BCUT2D eigenvalue weighted by Gasteiger charge is -2.20. The maximum absolute atomic E-state index is 13.2. The van der Waals surface area contributed by atoms with Crippen molar-refractivity contribution >= 4 is 41.5 Å².